The van der Waals surface area contributed by atoms with Crippen molar-refractivity contribution in [2.75, 3.05) is 12.0 Å². The molecule has 0 spiro atoms. The molecule has 0 aromatic carbocycles. The van der Waals surface area contributed by atoms with Crippen molar-refractivity contribution < 1.29 is 4.79 Å². The predicted octanol–water partition coefficient (Wildman–Crippen LogP) is 1.00. The summed E-state index contributed by atoms with van der Waals surface area (Å²) in [6.45, 7) is 5.33. The van der Waals surface area contributed by atoms with Gasteiger partial charge in [-0.1, -0.05) is 0 Å². The molecule has 1 amide bonds. The Balaban J connectivity index is 1.80. The lowest BCUT2D eigenvalue weighted by molar-refractivity contribution is 0.0947. The van der Waals surface area contributed by atoms with Crippen LogP contribution in [0.4, 0.5) is 5.69 Å². The number of aryl methyl sites for hydroxylation is 3. The summed E-state index contributed by atoms with van der Waals surface area (Å²) >= 11 is 0. The highest BCUT2D eigenvalue weighted by Crippen LogP contribution is 2.06. The molecule has 2 heterocycles. The van der Waals surface area contributed by atoms with Gasteiger partial charge in [0.1, 0.15) is 5.69 Å². The molecule has 0 saturated carbocycles. The molecule has 0 fully saturated rings. The highest BCUT2D eigenvalue weighted by Gasteiger charge is 2.07. The Kier molecular flexibility index (Phi) is 4.89. The van der Waals surface area contributed by atoms with Gasteiger partial charge < -0.3 is 10.7 Å². The van der Waals surface area contributed by atoms with Crippen LogP contribution in [0.3, 0.4) is 0 Å². The van der Waals surface area contributed by atoms with Crippen molar-refractivity contribution in [1.82, 2.24) is 20.1 Å². The molecule has 2 rings (SSSR count). The number of nitrogens with two attached hydrogens (primary N) is 1. The van der Waals surface area contributed by atoms with Crippen LogP contribution >= 0.6 is 0 Å². The zero-order valence-corrected chi connectivity index (χ0v) is 12.3. The number of carbonyl (C=O) groups is 1. The highest BCUT2D eigenvalue weighted by molar-refractivity contribution is 5.93. The second-order valence-corrected chi connectivity index (χ2v) is 4.83. The molecule has 0 aliphatic rings. The van der Waals surface area contributed by atoms with Gasteiger partial charge in [-0.3, -0.25) is 20.3 Å². The van der Waals surface area contributed by atoms with Crippen molar-refractivity contribution in [3.05, 3.63) is 41.5 Å². The fraction of sp³-hybridized carbons (Fsp3) is 0.357. The number of hydrogen-bond donors (Lipinski definition) is 3. The molecule has 0 atom stereocenters. The second kappa shape index (κ2) is 6.85. The fourth-order valence-electron chi connectivity index (χ4n) is 2.07. The van der Waals surface area contributed by atoms with E-state index in [0.717, 1.165) is 24.4 Å². The highest BCUT2D eigenvalue weighted by atomic mass is 16.1. The number of hydrogen-bond acceptors (Lipinski definition) is 5. The van der Waals surface area contributed by atoms with Crippen molar-refractivity contribution in [3.63, 3.8) is 0 Å². The van der Waals surface area contributed by atoms with Crippen molar-refractivity contribution in [2.24, 2.45) is 5.84 Å². The van der Waals surface area contributed by atoms with Crippen LogP contribution < -0.4 is 16.6 Å². The van der Waals surface area contributed by atoms with Crippen molar-refractivity contribution >= 4 is 11.6 Å². The van der Waals surface area contributed by atoms with Crippen LogP contribution in [0.2, 0.25) is 0 Å². The maximum absolute atomic E-state index is 11.9. The van der Waals surface area contributed by atoms with Crippen molar-refractivity contribution in [2.45, 2.75) is 26.8 Å². The molecular weight excluding hydrogens is 268 g/mol. The van der Waals surface area contributed by atoms with Crippen molar-refractivity contribution in [1.29, 1.82) is 0 Å². The van der Waals surface area contributed by atoms with Crippen LogP contribution in [-0.2, 0) is 6.54 Å². The maximum Gasteiger partial charge on any atom is 0.269 e. The van der Waals surface area contributed by atoms with Gasteiger partial charge in [0, 0.05) is 25.0 Å². The van der Waals surface area contributed by atoms with Gasteiger partial charge in [0.05, 0.1) is 11.4 Å². The Morgan fingerprint density at radius 2 is 2.19 bits per heavy atom. The molecule has 7 heteroatoms. The first-order chi connectivity index (χ1) is 10.1. The Morgan fingerprint density at radius 3 is 2.86 bits per heavy atom. The molecule has 0 radical (unpaired) electrons. The third-order valence-corrected chi connectivity index (χ3v) is 3.09. The number of rotatable bonds is 6. The predicted molar refractivity (Wildman–Crippen MR) is 80.7 cm³/mol. The Labute approximate surface area is 123 Å². The summed E-state index contributed by atoms with van der Waals surface area (Å²) in [5.41, 5.74) is 5.62. The lowest BCUT2D eigenvalue weighted by atomic mass is 10.3. The molecule has 0 aliphatic carbocycles. The molecule has 0 aliphatic heterocycles. The van der Waals surface area contributed by atoms with Crippen LogP contribution in [0.5, 0.6) is 0 Å². The average molecular weight is 288 g/mol. The van der Waals surface area contributed by atoms with Gasteiger partial charge in [-0.2, -0.15) is 5.10 Å². The van der Waals surface area contributed by atoms with E-state index in [4.69, 9.17) is 5.84 Å². The van der Waals surface area contributed by atoms with Crippen LogP contribution in [-0.4, -0.2) is 27.2 Å². The average Bonchev–Trinajstić information content (AvgIpc) is 2.81. The summed E-state index contributed by atoms with van der Waals surface area (Å²) in [5.74, 6) is 5.09. The smallest absolute Gasteiger partial charge is 0.269 e. The molecule has 7 nitrogen and oxygen atoms in total. The first-order valence-electron chi connectivity index (χ1n) is 6.82. The minimum Gasteiger partial charge on any atom is -0.351 e. The Bertz CT molecular complexity index is 622. The van der Waals surface area contributed by atoms with Crippen LogP contribution in [0.15, 0.2) is 24.4 Å². The summed E-state index contributed by atoms with van der Waals surface area (Å²) in [5, 5.41) is 7.21. The molecule has 4 N–H and O–H groups in total. The van der Waals surface area contributed by atoms with Crippen LogP contribution in [0, 0.1) is 13.8 Å². The topological polar surface area (TPSA) is 97.9 Å². The van der Waals surface area contributed by atoms with E-state index in [-0.39, 0.29) is 5.91 Å². The molecule has 0 unspecified atom stereocenters. The van der Waals surface area contributed by atoms with Gasteiger partial charge in [0.15, 0.2) is 0 Å². The first kappa shape index (κ1) is 15.0. The molecule has 2 aromatic heterocycles. The molecular formula is C14H20N6O. The van der Waals surface area contributed by atoms with Gasteiger partial charge in [0.2, 0.25) is 0 Å². The van der Waals surface area contributed by atoms with Gasteiger partial charge in [0.25, 0.3) is 5.91 Å². The first-order valence-corrected chi connectivity index (χ1v) is 6.82. The van der Waals surface area contributed by atoms with E-state index in [1.807, 2.05) is 24.6 Å². The van der Waals surface area contributed by atoms with Gasteiger partial charge in [-0.25, -0.2) is 0 Å². The minimum atomic E-state index is -0.208. The van der Waals surface area contributed by atoms with E-state index in [1.165, 1.54) is 0 Å². The standard InChI is InChI=1S/C14H20N6O/c1-10-8-11(2)20(19-10)7-3-5-17-14(21)13-9-12(18-15)4-6-16-13/h4,6,8-9H,3,5,7,15H2,1-2H3,(H,16,18)(H,17,21). The third kappa shape index (κ3) is 4.03. The minimum absolute atomic E-state index is 0.208. The summed E-state index contributed by atoms with van der Waals surface area (Å²) in [7, 11) is 0. The number of aromatic nitrogens is 3. The van der Waals surface area contributed by atoms with Crippen LogP contribution in [0.1, 0.15) is 28.3 Å². The molecule has 0 bridgehead atoms. The van der Waals surface area contributed by atoms with E-state index in [9.17, 15) is 4.79 Å². The number of nitrogen functional groups attached to an aromatic ring is 1. The number of nitrogens with one attached hydrogen (secondary N) is 2. The quantitative estimate of drug-likeness (QED) is 0.418. The second-order valence-electron chi connectivity index (χ2n) is 4.83. The molecule has 2 aromatic rings. The van der Waals surface area contributed by atoms with E-state index >= 15 is 0 Å². The number of hydrazine groups is 1. The van der Waals surface area contributed by atoms with E-state index in [1.54, 1.807) is 18.3 Å². The van der Waals surface area contributed by atoms with Crippen LogP contribution in [0.25, 0.3) is 0 Å². The lowest BCUT2D eigenvalue weighted by Crippen LogP contribution is -2.26. The lowest BCUT2D eigenvalue weighted by Gasteiger charge is -2.07. The van der Waals surface area contributed by atoms with E-state index < -0.39 is 0 Å². The molecule has 112 valence electrons. The summed E-state index contributed by atoms with van der Waals surface area (Å²) in [6, 6.07) is 5.34. The van der Waals surface area contributed by atoms with E-state index in [0.29, 0.717) is 17.9 Å². The van der Waals surface area contributed by atoms with Gasteiger partial charge >= 0.3 is 0 Å². The summed E-state index contributed by atoms with van der Waals surface area (Å²) < 4.78 is 1.94. The fourth-order valence-corrected chi connectivity index (χ4v) is 2.07. The number of nitrogens with zero attached hydrogens (tertiary/aromatic N) is 3. The molecule has 0 saturated heterocycles. The normalized spacial score (nSPS) is 10.4. The largest absolute Gasteiger partial charge is 0.351 e. The van der Waals surface area contributed by atoms with Crippen molar-refractivity contribution in [3.8, 4) is 0 Å². The zero-order chi connectivity index (χ0) is 15.2. The van der Waals surface area contributed by atoms with Gasteiger partial charge in [-0.05, 0) is 38.5 Å². The Hall–Kier alpha value is -2.41. The zero-order valence-electron chi connectivity index (χ0n) is 12.3. The number of amides is 1. The van der Waals surface area contributed by atoms with Gasteiger partial charge in [-0.15, -0.1) is 0 Å². The third-order valence-electron chi connectivity index (χ3n) is 3.09. The maximum atomic E-state index is 11.9. The Morgan fingerprint density at radius 1 is 1.38 bits per heavy atom. The summed E-state index contributed by atoms with van der Waals surface area (Å²) in [4.78, 5) is 15.9. The molecule has 21 heavy (non-hydrogen) atoms. The number of carbonyl (C=O) groups excluding carboxylic acids is 1. The number of pyridine rings is 1. The SMILES string of the molecule is Cc1cc(C)n(CCCNC(=O)c2cc(NN)ccn2)n1. The summed E-state index contributed by atoms with van der Waals surface area (Å²) in [6.07, 6.45) is 2.35. The monoisotopic (exact) mass is 288 g/mol. The number of anilines is 1. The van der Waals surface area contributed by atoms with E-state index in [2.05, 4.69) is 20.8 Å².